The monoisotopic (exact) mass is 399 g/mol. The molecule has 0 aliphatic heterocycles. The van der Waals surface area contributed by atoms with Crippen molar-refractivity contribution in [2.75, 3.05) is 18.2 Å². The quantitative estimate of drug-likeness (QED) is 0.719. The Morgan fingerprint density at radius 3 is 2.37 bits per heavy atom. The van der Waals surface area contributed by atoms with E-state index >= 15 is 0 Å². The van der Waals surface area contributed by atoms with E-state index in [-0.39, 0.29) is 21.9 Å². The standard InChI is InChI=1S/C17H15F2NO6S/c1-27(23,24)14-4-2-3-11(9-14)16(22)25-10-15(21)20-12-5-7-13(8-6-12)26-17(18)19/h2-9,17H,10H2,1H3,(H,20,21). The maximum atomic E-state index is 12.1. The Labute approximate surface area is 153 Å². The summed E-state index contributed by atoms with van der Waals surface area (Å²) in [7, 11) is -3.49. The number of alkyl halides is 2. The second kappa shape index (κ2) is 8.58. The van der Waals surface area contributed by atoms with Gasteiger partial charge in [-0.05, 0) is 42.5 Å². The molecule has 0 fully saturated rings. The van der Waals surface area contributed by atoms with Gasteiger partial charge in [0.1, 0.15) is 5.75 Å². The van der Waals surface area contributed by atoms with E-state index in [0.717, 1.165) is 12.3 Å². The second-order valence-electron chi connectivity index (χ2n) is 5.33. The van der Waals surface area contributed by atoms with Gasteiger partial charge in [-0.15, -0.1) is 0 Å². The smallest absolute Gasteiger partial charge is 0.387 e. The van der Waals surface area contributed by atoms with Crippen molar-refractivity contribution in [3.63, 3.8) is 0 Å². The highest BCUT2D eigenvalue weighted by Crippen LogP contribution is 2.17. The van der Waals surface area contributed by atoms with Gasteiger partial charge in [0, 0.05) is 11.9 Å². The van der Waals surface area contributed by atoms with Crippen molar-refractivity contribution < 1.29 is 36.3 Å². The number of halogens is 2. The molecule has 0 aliphatic carbocycles. The van der Waals surface area contributed by atoms with Crippen molar-refractivity contribution in [1.29, 1.82) is 0 Å². The van der Waals surface area contributed by atoms with Gasteiger partial charge >= 0.3 is 12.6 Å². The summed E-state index contributed by atoms with van der Waals surface area (Å²) in [6.45, 7) is -3.57. The van der Waals surface area contributed by atoms with Crippen LogP contribution in [0.5, 0.6) is 5.75 Å². The summed E-state index contributed by atoms with van der Waals surface area (Å²) >= 11 is 0. The summed E-state index contributed by atoms with van der Waals surface area (Å²) in [5, 5.41) is 2.41. The zero-order valence-electron chi connectivity index (χ0n) is 14.0. The largest absolute Gasteiger partial charge is 0.452 e. The van der Waals surface area contributed by atoms with Crippen molar-refractivity contribution >= 4 is 27.4 Å². The summed E-state index contributed by atoms with van der Waals surface area (Å²) in [4.78, 5) is 23.7. The van der Waals surface area contributed by atoms with Crippen molar-refractivity contribution in [1.82, 2.24) is 0 Å². The van der Waals surface area contributed by atoms with Gasteiger partial charge in [-0.3, -0.25) is 4.79 Å². The van der Waals surface area contributed by atoms with Gasteiger partial charge in [-0.1, -0.05) is 6.07 Å². The normalized spacial score (nSPS) is 11.1. The zero-order valence-corrected chi connectivity index (χ0v) is 14.8. The minimum atomic E-state index is -3.49. The second-order valence-corrected chi connectivity index (χ2v) is 7.34. The lowest BCUT2D eigenvalue weighted by molar-refractivity contribution is -0.119. The summed E-state index contributed by atoms with van der Waals surface area (Å²) in [6.07, 6.45) is 1.00. The number of amides is 1. The summed E-state index contributed by atoms with van der Waals surface area (Å²) < 4.78 is 56.1. The molecular formula is C17H15F2NO6S. The van der Waals surface area contributed by atoms with Crippen LogP contribution in [0.4, 0.5) is 14.5 Å². The van der Waals surface area contributed by atoms with E-state index in [1.165, 1.54) is 42.5 Å². The number of sulfone groups is 1. The third-order valence-corrected chi connectivity index (χ3v) is 4.31. The van der Waals surface area contributed by atoms with Crippen LogP contribution in [0.2, 0.25) is 0 Å². The molecule has 1 N–H and O–H groups in total. The van der Waals surface area contributed by atoms with Crippen LogP contribution < -0.4 is 10.1 Å². The number of carbonyl (C=O) groups excluding carboxylic acids is 2. The Bertz CT molecular complexity index is 929. The van der Waals surface area contributed by atoms with Crippen molar-refractivity contribution in [3.8, 4) is 5.75 Å². The van der Waals surface area contributed by atoms with Crippen LogP contribution in [0.3, 0.4) is 0 Å². The Kier molecular flexibility index (Phi) is 6.45. The molecule has 1 amide bonds. The highest BCUT2D eigenvalue weighted by molar-refractivity contribution is 7.90. The van der Waals surface area contributed by atoms with Gasteiger partial charge in [0.25, 0.3) is 5.91 Å². The van der Waals surface area contributed by atoms with Crippen LogP contribution in [0.25, 0.3) is 0 Å². The molecule has 2 rings (SSSR count). The fourth-order valence-corrected chi connectivity index (χ4v) is 2.65. The lowest BCUT2D eigenvalue weighted by atomic mass is 10.2. The fourth-order valence-electron chi connectivity index (χ4n) is 1.98. The van der Waals surface area contributed by atoms with Crippen LogP contribution in [-0.4, -0.2) is 39.8 Å². The summed E-state index contributed by atoms with van der Waals surface area (Å²) in [6, 6.07) is 10.4. The highest BCUT2D eigenvalue weighted by atomic mass is 32.2. The number of anilines is 1. The van der Waals surface area contributed by atoms with Crippen LogP contribution in [0.1, 0.15) is 10.4 Å². The molecular weight excluding hydrogens is 384 g/mol. The van der Waals surface area contributed by atoms with Crippen LogP contribution in [0, 0.1) is 0 Å². The van der Waals surface area contributed by atoms with E-state index in [4.69, 9.17) is 4.74 Å². The van der Waals surface area contributed by atoms with Gasteiger partial charge in [-0.2, -0.15) is 8.78 Å². The molecule has 0 aliphatic rings. The molecule has 0 bridgehead atoms. The number of hydrogen-bond donors (Lipinski definition) is 1. The molecule has 0 unspecified atom stereocenters. The van der Waals surface area contributed by atoms with Crippen LogP contribution in [0.15, 0.2) is 53.4 Å². The van der Waals surface area contributed by atoms with Crippen LogP contribution in [-0.2, 0) is 19.4 Å². The van der Waals surface area contributed by atoms with Gasteiger partial charge in [0.15, 0.2) is 16.4 Å². The highest BCUT2D eigenvalue weighted by Gasteiger charge is 2.14. The molecule has 10 heteroatoms. The number of nitrogens with one attached hydrogen (secondary N) is 1. The first-order chi connectivity index (χ1) is 12.6. The van der Waals surface area contributed by atoms with E-state index in [2.05, 4.69) is 10.1 Å². The Morgan fingerprint density at radius 2 is 1.78 bits per heavy atom. The average molecular weight is 399 g/mol. The molecule has 0 spiro atoms. The summed E-state index contributed by atoms with van der Waals surface area (Å²) in [5.74, 6) is -1.60. The molecule has 144 valence electrons. The van der Waals surface area contributed by atoms with Gasteiger partial charge in [0.2, 0.25) is 0 Å². The van der Waals surface area contributed by atoms with Crippen LogP contribution >= 0.6 is 0 Å². The minimum Gasteiger partial charge on any atom is -0.452 e. The molecule has 2 aromatic carbocycles. The van der Waals surface area contributed by atoms with Crippen molar-refractivity contribution in [3.05, 3.63) is 54.1 Å². The van der Waals surface area contributed by atoms with E-state index in [1.54, 1.807) is 0 Å². The lowest BCUT2D eigenvalue weighted by Crippen LogP contribution is -2.21. The fraction of sp³-hybridized carbons (Fsp3) is 0.176. The number of esters is 1. The molecule has 0 atom stereocenters. The molecule has 0 saturated heterocycles. The molecule has 0 radical (unpaired) electrons. The molecule has 27 heavy (non-hydrogen) atoms. The molecule has 7 nitrogen and oxygen atoms in total. The number of carbonyl (C=O) groups is 2. The van der Waals surface area contributed by atoms with Gasteiger partial charge in [0.05, 0.1) is 10.5 Å². The number of rotatable bonds is 7. The molecule has 0 saturated carbocycles. The Hall–Kier alpha value is -3.01. The Morgan fingerprint density at radius 1 is 1.11 bits per heavy atom. The zero-order chi connectivity index (χ0) is 20.0. The molecule has 0 heterocycles. The number of benzene rings is 2. The first kappa shape index (κ1) is 20.3. The number of hydrogen-bond acceptors (Lipinski definition) is 6. The van der Waals surface area contributed by atoms with E-state index < -0.39 is 34.9 Å². The topological polar surface area (TPSA) is 98.8 Å². The maximum absolute atomic E-state index is 12.1. The Balaban J connectivity index is 1.91. The van der Waals surface area contributed by atoms with Crippen molar-refractivity contribution in [2.45, 2.75) is 11.5 Å². The first-order valence-electron chi connectivity index (χ1n) is 7.47. The van der Waals surface area contributed by atoms with Crippen molar-refractivity contribution in [2.24, 2.45) is 0 Å². The van der Waals surface area contributed by atoms with E-state index in [1.807, 2.05) is 0 Å². The van der Waals surface area contributed by atoms with Gasteiger partial charge in [-0.25, -0.2) is 13.2 Å². The predicted octanol–water partition coefficient (Wildman–Crippen LogP) is 2.49. The molecule has 2 aromatic rings. The average Bonchev–Trinajstić information content (AvgIpc) is 2.60. The minimum absolute atomic E-state index is 0.0146. The predicted molar refractivity (Wildman–Crippen MR) is 91.5 cm³/mol. The van der Waals surface area contributed by atoms with E-state index in [9.17, 15) is 26.8 Å². The lowest BCUT2D eigenvalue weighted by Gasteiger charge is -2.08. The SMILES string of the molecule is CS(=O)(=O)c1cccc(C(=O)OCC(=O)Nc2ccc(OC(F)F)cc2)c1. The van der Waals surface area contributed by atoms with Gasteiger partial charge < -0.3 is 14.8 Å². The maximum Gasteiger partial charge on any atom is 0.387 e. The third kappa shape index (κ3) is 6.33. The summed E-state index contributed by atoms with van der Waals surface area (Å²) in [5.41, 5.74) is 0.274. The third-order valence-electron chi connectivity index (χ3n) is 3.20. The van der Waals surface area contributed by atoms with E-state index in [0.29, 0.717) is 0 Å². The first-order valence-corrected chi connectivity index (χ1v) is 9.36. The number of ether oxygens (including phenoxy) is 2. The molecule has 0 aromatic heterocycles.